The van der Waals surface area contributed by atoms with E-state index in [0.29, 0.717) is 68.9 Å². The largest absolute Gasteiger partial charge is 0.453 e. The lowest BCUT2D eigenvalue weighted by molar-refractivity contribution is 0.134. The summed E-state index contributed by atoms with van der Waals surface area (Å²) >= 11 is 15.2. The topological polar surface area (TPSA) is 212 Å². The molecule has 0 bridgehead atoms. The van der Waals surface area contributed by atoms with Gasteiger partial charge in [0.15, 0.2) is 11.6 Å². The molecule has 0 spiro atoms. The number of rotatable bonds is 18. The van der Waals surface area contributed by atoms with E-state index in [-0.39, 0.29) is 40.1 Å². The van der Waals surface area contributed by atoms with Gasteiger partial charge in [-0.2, -0.15) is 10.2 Å². The lowest BCUT2D eigenvalue weighted by Gasteiger charge is -2.42. The number of aromatic nitrogens is 8. The quantitative estimate of drug-likeness (QED) is 0.0442. The molecule has 2 fully saturated rings. The number of nitrogens with one attached hydrogen (secondary N) is 6. The Bertz CT molecular complexity index is 2860. The van der Waals surface area contributed by atoms with E-state index in [4.69, 9.17) is 32.7 Å². The van der Waals surface area contributed by atoms with E-state index < -0.39 is 29.4 Å². The highest BCUT2D eigenvalue weighted by molar-refractivity contribution is 8.00. The molecule has 4 heterocycles. The molecule has 0 atom stereocenters. The first-order chi connectivity index (χ1) is 34.0. The fraction of sp³-hybridized carbons (Fsp3) is 0.404. The maximum absolute atomic E-state index is 15.5. The summed E-state index contributed by atoms with van der Waals surface area (Å²) in [5.41, 5.74) is 3.66. The van der Waals surface area contributed by atoms with Crippen LogP contribution >= 0.6 is 47.1 Å². The molecule has 2 amide bonds. The number of carbonyl (C=O) groups is 2. The number of amides is 2. The number of carbonyl (C=O) groups excluding carboxylic acids is 2. The smallest absolute Gasteiger partial charge is 0.407 e. The van der Waals surface area contributed by atoms with Gasteiger partial charge in [0.25, 0.3) is 0 Å². The van der Waals surface area contributed by atoms with Crippen LogP contribution in [-0.2, 0) is 9.47 Å². The molecule has 24 heteroatoms. The van der Waals surface area contributed by atoms with Crippen molar-refractivity contribution in [3.63, 3.8) is 0 Å². The fourth-order valence-corrected chi connectivity index (χ4v) is 8.82. The summed E-state index contributed by atoms with van der Waals surface area (Å²) in [4.78, 5) is 41.4. The number of hydrogen-bond donors (Lipinski definition) is 6. The Morgan fingerprint density at radius 2 is 1.08 bits per heavy atom. The predicted molar refractivity (Wildman–Crippen MR) is 279 cm³/mol. The van der Waals surface area contributed by atoms with Gasteiger partial charge >= 0.3 is 12.2 Å². The van der Waals surface area contributed by atoms with Crippen LogP contribution in [0.2, 0.25) is 10.0 Å². The van der Waals surface area contributed by atoms with Crippen LogP contribution in [-0.4, -0.2) is 103 Å². The third-order valence-corrected chi connectivity index (χ3v) is 13.1. The molecule has 8 rings (SSSR count). The van der Waals surface area contributed by atoms with Crippen molar-refractivity contribution >= 4 is 82.6 Å². The molecule has 0 aliphatic heterocycles. The first-order valence-electron chi connectivity index (χ1n) is 22.6. The van der Waals surface area contributed by atoms with E-state index in [1.807, 2.05) is 46.3 Å². The number of halogens is 4. The molecule has 2 aliphatic rings. The molecule has 2 aromatic carbocycles. The Morgan fingerprint density at radius 3 is 1.42 bits per heavy atom. The number of nitrogens with zero attached hydrogens (tertiary/aromatic N) is 8. The Labute approximate surface area is 429 Å². The fourth-order valence-electron chi connectivity index (χ4n) is 7.64. The van der Waals surface area contributed by atoms with Crippen LogP contribution in [0.15, 0.2) is 61.2 Å². The monoisotopic (exact) mass is 1050 g/mol. The number of hydrogen-bond acceptors (Lipinski definition) is 16. The zero-order valence-electron chi connectivity index (χ0n) is 40.4. The minimum Gasteiger partial charge on any atom is -0.453 e. The van der Waals surface area contributed by atoms with Gasteiger partial charge in [-0.3, -0.25) is 9.36 Å². The Kier molecular flexibility index (Phi) is 17.1. The minimum atomic E-state index is -0.469. The standard InChI is InChI=1S/C24H29ClFN7O2S.C23H27ClFN7O2S/c1-14(2)33-12-17(21(31-33)16-10-15(25)11-19(20(16)26)32-36-4)18-6-9-27-22(29-18)28-13-24(7-5-8-24)30-23(34)35-3;1-13(2)32-11-16(20(30-32)15-9-14(24)10-18(19(15)25)31-35-4)17-5-8-26-21(28-17)27-12-23(6-7-23)29-22(33)34-3/h6,9-12,14,32H,5,7-8,13H2,1-4H3,(H,30,34)(H,27,28,29);5,8-11,13,31H,6-7,12H2,1-4H3,(H,29,33)(H,26,27,28). The molecule has 71 heavy (non-hydrogen) atoms. The average Bonchev–Trinajstić information content (AvgIpc) is 3.71. The lowest BCUT2D eigenvalue weighted by atomic mass is 9.77. The lowest BCUT2D eigenvalue weighted by Crippen LogP contribution is -2.57. The van der Waals surface area contributed by atoms with Crippen molar-refractivity contribution in [2.24, 2.45) is 0 Å². The number of alkyl carbamates (subject to hydrolysis) is 2. The van der Waals surface area contributed by atoms with Crippen LogP contribution in [0.1, 0.15) is 71.9 Å². The summed E-state index contributed by atoms with van der Waals surface area (Å²) in [6.07, 6.45) is 14.0. The van der Waals surface area contributed by atoms with Gasteiger partial charge in [-0.25, -0.2) is 38.3 Å². The molecule has 0 radical (unpaired) electrons. The summed E-state index contributed by atoms with van der Waals surface area (Å²) < 4.78 is 49.8. The summed E-state index contributed by atoms with van der Waals surface area (Å²) in [6.45, 7) is 8.88. The second-order valence-corrected chi connectivity index (χ2v) is 19.7. The maximum atomic E-state index is 15.5. The van der Waals surface area contributed by atoms with Crippen LogP contribution in [0.3, 0.4) is 0 Å². The number of methoxy groups -OCH3 is 2. The number of anilines is 4. The molecule has 0 saturated heterocycles. The molecule has 6 aromatic rings. The van der Waals surface area contributed by atoms with E-state index in [0.717, 1.165) is 32.1 Å². The number of benzene rings is 2. The van der Waals surface area contributed by atoms with Gasteiger partial charge in [0, 0.05) is 94.8 Å². The predicted octanol–water partition coefficient (Wildman–Crippen LogP) is 11.1. The summed E-state index contributed by atoms with van der Waals surface area (Å²) in [7, 11) is 2.68. The normalized spacial score (nSPS) is 14.2. The van der Waals surface area contributed by atoms with Crippen molar-refractivity contribution in [3.05, 3.63) is 82.9 Å². The molecule has 2 saturated carbocycles. The summed E-state index contributed by atoms with van der Waals surface area (Å²) in [6, 6.07) is 9.82. The van der Waals surface area contributed by atoms with E-state index >= 15 is 8.78 Å². The van der Waals surface area contributed by atoms with E-state index in [1.165, 1.54) is 38.1 Å². The average molecular weight is 1050 g/mol. The van der Waals surface area contributed by atoms with E-state index in [9.17, 15) is 9.59 Å². The van der Waals surface area contributed by atoms with Crippen molar-refractivity contribution in [1.82, 2.24) is 50.1 Å². The van der Waals surface area contributed by atoms with Crippen LogP contribution in [0.5, 0.6) is 0 Å². The van der Waals surface area contributed by atoms with Gasteiger partial charge in [-0.05, 0) is 96.2 Å². The first-order valence-corrected chi connectivity index (χ1v) is 25.8. The van der Waals surface area contributed by atoms with Crippen molar-refractivity contribution in [2.45, 2.75) is 83.0 Å². The van der Waals surface area contributed by atoms with Crippen LogP contribution in [0.25, 0.3) is 45.0 Å². The third-order valence-electron chi connectivity index (χ3n) is 11.8. The SMILES string of the molecule is COC(=O)NC1(CNc2nccc(-c3cn(C(C)C)nc3-c3cc(Cl)cc(NSC)c3F)n2)CC1.COC(=O)NC1(CNc2nccc(-c3cn(C(C)C)nc3-c3cc(Cl)cc(NSC)c3F)n2)CCC1. The van der Waals surface area contributed by atoms with Gasteiger partial charge < -0.3 is 40.2 Å². The molecular weight excluding hydrogens is 998 g/mol. The first kappa shape index (κ1) is 52.7. The molecule has 18 nitrogen and oxygen atoms in total. The highest BCUT2D eigenvalue weighted by atomic mass is 35.5. The zero-order valence-corrected chi connectivity index (χ0v) is 43.6. The van der Waals surface area contributed by atoms with Crippen molar-refractivity contribution in [3.8, 4) is 45.0 Å². The number of ether oxygens (including phenoxy) is 2. The molecule has 6 N–H and O–H groups in total. The van der Waals surface area contributed by atoms with E-state index in [2.05, 4.69) is 60.8 Å². The van der Waals surface area contributed by atoms with Crippen LogP contribution < -0.4 is 30.7 Å². The van der Waals surface area contributed by atoms with Crippen molar-refractivity contribution in [2.75, 3.05) is 59.9 Å². The molecule has 4 aromatic heterocycles. The van der Waals surface area contributed by atoms with Gasteiger partial charge in [0.2, 0.25) is 11.9 Å². The third kappa shape index (κ3) is 12.7. The molecule has 2 aliphatic carbocycles. The molecular formula is C47H56Cl2F2N14O4S2. The zero-order chi connectivity index (χ0) is 51.0. The van der Waals surface area contributed by atoms with Crippen LogP contribution in [0, 0.1) is 11.6 Å². The van der Waals surface area contributed by atoms with Gasteiger partial charge in [0.05, 0.1) is 48.1 Å². The minimum absolute atomic E-state index is 0.0471. The van der Waals surface area contributed by atoms with Crippen molar-refractivity contribution < 1.29 is 27.8 Å². The highest BCUT2D eigenvalue weighted by Gasteiger charge is 2.44. The van der Waals surface area contributed by atoms with Gasteiger partial charge in [0.1, 0.15) is 11.4 Å². The summed E-state index contributed by atoms with van der Waals surface area (Å²) in [5.74, 6) is -0.113. The van der Waals surface area contributed by atoms with Gasteiger partial charge in [-0.1, -0.05) is 47.1 Å². The Hall–Kier alpha value is -6.10. The van der Waals surface area contributed by atoms with Crippen LogP contribution in [0.4, 0.5) is 41.6 Å². The van der Waals surface area contributed by atoms with Crippen molar-refractivity contribution in [1.29, 1.82) is 0 Å². The van der Waals surface area contributed by atoms with E-state index in [1.54, 1.807) is 64.4 Å². The maximum Gasteiger partial charge on any atom is 0.407 e. The second-order valence-electron chi connectivity index (χ2n) is 17.6. The molecule has 378 valence electrons. The highest BCUT2D eigenvalue weighted by Crippen LogP contribution is 2.40. The Balaban J connectivity index is 0.000000209. The molecule has 0 unspecified atom stereocenters. The summed E-state index contributed by atoms with van der Waals surface area (Å²) in [5, 5.41) is 22.3. The second kappa shape index (κ2) is 23.0. The van der Waals surface area contributed by atoms with Gasteiger partial charge in [-0.15, -0.1) is 0 Å². The Morgan fingerprint density at radius 1 is 0.676 bits per heavy atom.